The topological polar surface area (TPSA) is 23.5 Å². The minimum absolute atomic E-state index is 0.335. The van der Waals surface area contributed by atoms with Gasteiger partial charge in [-0.25, -0.2) is 0 Å². The molecule has 0 aromatic heterocycles. The summed E-state index contributed by atoms with van der Waals surface area (Å²) in [5.41, 5.74) is 2.23. The SMILES string of the molecule is Cc1ccc(Cl)cc1N(C)CC(C)O. The molecule has 0 bridgehead atoms. The van der Waals surface area contributed by atoms with E-state index < -0.39 is 0 Å². The Morgan fingerprint density at radius 1 is 1.50 bits per heavy atom. The van der Waals surface area contributed by atoms with Crippen molar-refractivity contribution in [1.82, 2.24) is 0 Å². The van der Waals surface area contributed by atoms with Gasteiger partial charge in [-0.1, -0.05) is 17.7 Å². The molecule has 3 heteroatoms. The van der Waals surface area contributed by atoms with Crippen LogP contribution in [0, 0.1) is 6.92 Å². The molecule has 1 unspecified atom stereocenters. The van der Waals surface area contributed by atoms with Gasteiger partial charge in [0, 0.05) is 24.3 Å². The monoisotopic (exact) mass is 213 g/mol. The van der Waals surface area contributed by atoms with Crippen LogP contribution in [0.2, 0.25) is 5.02 Å². The lowest BCUT2D eigenvalue weighted by molar-refractivity contribution is 0.201. The summed E-state index contributed by atoms with van der Waals surface area (Å²) < 4.78 is 0. The molecule has 0 aliphatic heterocycles. The molecule has 0 spiro atoms. The first-order valence-corrected chi connectivity index (χ1v) is 5.04. The average Bonchev–Trinajstić information content (AvgIpc) is 2.08. The molecule has 78 valence electrons. The number of hydrogen-bond acceptors (Lipinski definition) is 2. The molecule has 0 aliphatic carbocycles. The molecular weight excluding hydrogens is 198 g/mol. The van der Waals surface area contributed by atoms with Gasteiger partial charge in [-0.15, -0.1) is 0 Å². The Bertz CT molecular complexity index is 312. The van der Waals surface area contributed by atoms with Crippen molar-refractivity contribution in [3.05, 3.63) is 28.8 Å². The van der Waals surface area contributed by atoms with Gasteiger partial charge in [-0.3, -0.25) is 0 Å². The molecule has 0 saturated heterocycles. The highest BCUT2D eigenvalue weighted by molar-refractivity contribution is 6.30. The fraction of sp³-hybridized carbons (Fsp3) is 0.455. The predicted molar refractivity (Wildman–Crippen MR) is 61.1 cm³/mol. The summed E-state index contributed by atoms with van der Waals surface area (Å²) in [7, 11) is 1.95. The van der Waals surface area contributed by atoms with Crippen LogP contribution in [0.15, 0.2) is 18.2 Å². The van der Waals surface area contributed by atoms with Crippen LogP contribution in [0.3, 0.4) is 0 Å². The van der Waals surface area contributed by atoms with Crippen molar-refractivity contribution < 1.29 is 5.11 Å². The highest BCUT2D eigenvalue weighted by Crippen LogP contribution is 2.23. The fourth-order valence-corrected chi connectivity index (χ4v) is 1.65. The van der Waals surface area contributed by atoms with Gasteiger partial charge in [-0.2, -0.15) is 0 Å². The summed E-state index contributed by atoms with van der Waals surface area (Å²) in [5, 5.41) is 9.99. The van der Waals surface area contributed by atoms with Crippen molar-refractivity contribution in [2.24, 2.45) is 0 Å². The number of aliphatic hydroxyl groups excluding tert-OH is 1. The van der Waals surface area contributed by atoms with E-state index >= 15 is 0 Å². The van der Waals surface area contributed by atoms with E-state index in [1.807, 2.05) is 37.1 Å². The van der Waals surface area contributed by atoms with Crippen LogP contribution in [-0.2, 0) is 0 Å². The molecule has 2 nitrogen and oxygen atoms in total. The van der Waals surface area contributed by atoms with Crippen LogP contribution >= 0.6 is 11.6 Å². The first-order chi connectivity index (χ1) is 6.50. The van der Waals surface area contributed by atoms with Gasteiger partial charge in [0.1, 0.15) is 0 Å². The molecule has 0 aliphatic rings. The van der Waals surface area contributed by atoms with Gasteiger partial charge in [0.25, 0.3) is 0 Å². The number of likely N-dealkylation sites (N-methyl/N-ethyl adjacent to an activating group) is 1. The smallest absolute Gasteiger partial charge is 0.0686 e. The maximum absolute atomic E-state index is 9.27. The van der Waals surface area contributed by atoms with Crippen molar-refractivity contribution in [2.45, 2.75) is 20.0 Å². The molecule has 1 atom stereocenters. The van der Waals surface area contributed by atoms with Gasteiger partial charge < -0.3 is 10.0 Å². The predicted octanol–water partition coefficient (Wildman–Crippen LogP) is 2.47. The Labute approximate surface area is 90.1 Å². The third-order valence-corrected chi connectivity index (χ3v) is 2.36. The van der Waals surface area contributed by atoms with Gasteiger partial charge in [0.2, 0.25) is 0 Å². The Morgan fingerprint density at radius 2 is 2.14 bits per heavy atom. The second kappa shape index (κ2) is 4.67. The minimum Gasteiger partial charge on any atom is -0.392 e. The lowest BCUT2D eigenvalue weighted by Crippen LogP contribution is -2.27. The van der Waals surface area contributed by atoms with Gasteiger partial charge in [0.05, 0.1) is 6.10 Å². The molecule has 1 N–H and O–H groups in total. The molecule has 1 aromatic rings. The Morgan fingerprint density at radius 3 is 2.71 bits per heavy atom. The summed E-state index contributed by atoms with van der Waals surface area (Å²) >= 11 is 5.91. The van der Waals surface area contributed by atoms with E-state index in [1.165, 1.54) is 0 Å². The molecule has 1 rings (SSSR count). The zero-order valence-electron chi connectivity index (χ0n) is 8.79. The molecule has 0 radical (unpaired) electrons. The van der Waals surface area contributed by atoms with E-state index in [-0.39, 0.29) is 6.10 Å². The number of halogens is 1. The van der Waals surface area contributed by atoms with E-state index in [9.17, 15) is 5.11 Å². The third kappa shape index (κ3) is 2.89. The molecule has 0 saturated carbocycles. The largest absolute Gasteiger partial charge is 0.392 e. The highest BCUT2D eigenvalue weighted by atomic mass is 35.5. The van der Waals surface area contributed by atoms with Crippen molar-refractivity contribution in [1.29, 1.82) is 0 Å². The molecule has 0 heterocycles. The number of rotatable bonds is 3. The fourth-order valence-electron chi connectivity index (χ4n) is 1.49. The maximum Gasteiger partial charge on any atom is 0.0686 e. The normalized spacial score (nSPS) is 12.6. The van der Waals surface area contributed by atoms with Crippen LogP contribution < -0.4 is 4.90 Å². The highest BCUT2D eigenvalue weighted by Gasteiger charge is 2.07. The first-order valence-electron chi connectivity index (χ1n) is 4.66. The average molecular weight is 214 g/mol. The first kappa shape index (κ1) is 11.3. The Hall–Kier alpha value is -0.730. The minimum atomic E-state index is -0.335. The van der Waals surface area contributed by atoms with Gasteiger partial charge >= 0.3 is 0 Å². The van der Waals surface area contributed by atoms with Crippen molar-refractivity contribution in [3.63, 3.8) is 0 Å². The maximum atomic E-state index is 9.27. The number of nitrogens with zero attached hydrogens (tertiary/aromatic N) is 1. The standard InChI is InChI=1S/C11H16ClNO/c1-8-4-5-10(12)6-11(8)13(3)7-9(2)14/h4-6,9,14H,7H2,1-3H3. The molecule has 0 amide bonds. The van der Waals surface area contributed by atoms with Gasteiger partial charge in [-0.05, 0) is 31.5 Å². The number of hydrogen-bond donors (Lipinski definition) is 1. The van der Waals surface area contributed by atoms with Crippen LogP contribution in [-0.4, -0.2) is 24.8 Å². The van der Waals surface area contributed by atoms with Crippen LogP contribution in [0.25, 0.3) is 0 Å². The second-order valence-corrected chi connectivity index (χ2v) is 4.10. The van der Waals surface area contributed by atoms with E-state index in [4.69, 9.17) is 11.6 Å². The van der Waals surface area contributed by atoms with Crippen molar-refractivity contribution in [3.8, 4) is 0 Å². The van der Waals surface area contributed by atoms with E-state index in [2.05, 4.69) is 0 Å². The van der Waals surface area contributed by atoms with E-state index in [0.29, 0.717) is 6.54 Å². The zero-order chi connectivity index (χ0) is 10.7. The lowest BCUT2D eigenvalue weighted by atomic mass is 10.2. The third-order valence-electron chi connectivity index (χ3n) is 2.12. The van der Waals surface area contributed by atoms with Crippen LogP contribution in [0.4, 0.5) is 5.69 Å². The summed E-state index contributed by atoms with van der Waals surface area (Å²) in [4.78, 5) is 2.01. The number of anilines is 1. The second-order valence-electron chi connectivity index (χ2n) is 3.66. The lowest BCUT2D eigenvalue weighted by Gasteiger charge is -2.22. The van der Waals surface area contributed by atoms with Crippen LogP contribution in [0.5, 0.6) is 0 Å². The Kier molecular flexibility index (Phi) is 3.78. The van der Waals surface area contributed by atoms with E-state index in [0.717, 1.165) is 16.3 Å². The molecule has 0 fully saturated rings. The summed E-state index contributed by atoms with van der Waals surface area (Å²) in [6.45, 7) is 4.42. The molecular formula is C11H16ClNO. The number of benzene rings is 1. The number of aryl methyl sites for hydroxylation is 1. The quantitative estimate of drug-likeness (QED) is 0.834. The van der Waals surface area contributed by atoms with Crippen molar-refractivity contribution in [2.75, 3.05) is 18.5 Å². The van der Waals surface area contributed by atoms with E-state index in [1.54, 1.807) is 6.92 Å². The van der Waals surface area contributed by atoms with Gasteiger partial charge in [0.15, 0.2) is 0 Å². The summed E-state index contributed by atoms with van der Waals surface area (Å²) in [6, 6.07) is 5.77. The summed E-state index contributed by atoms with van der Waals surface area (Å²) in [6.07, 6.45) is -0.335. The van der Waals surface area contributed by atoms with Crippen LogP contribution in [0.1, 0.15) is 12.5 Å². The summed E-state index contributed by atoms with van der Waals surface area (Å²) in [5.74, 6) is 0. The Balaban J connectivity index is 2.88. The molecule has 14 heavy (non-hydrogen) atoms. The van der Waals surface area contributed by atoms with Crippen molar-refractivity contribution >= 4 is 17.3 Å². The molecule has 1 aromatic carbocycles. The zero-order valence-corrected chi connectivity index (χ0v) is 9.54. The number of aliphatic hydroxyl groups is 1.